The van der Waals surface area contributed by atoms with Crippen molar-refractivity contribution in [2.24, 2.45) is 16.7 Å². The average molecular weight is 543 g/mol. The van der Waals surface area contributed by atoms with Crippen LogP contribution in [0.15, 0.2) is 72.3 Å². The van der Waals surface area contributed by atoms with Gasteiger partial charge in [0.05, 0.1) is 5.02 Å². The van der Waals surface area contributed by atoms with Gasteiger partial charge in [0.2, 0.25) is 0 Å². The molecule has 0 spiro atoms. The first-order valence-electron chi connectivity index (χ1n) is 14.3. The molecule has 204 valence electrons. The molecule has 0 saturated heterocycles. The van der Waals surface area contributed by atoms with E-state index in [4.69, 9.17) is 25.8 Å². The molecule has 0 amide bonds. The van der Waals surface area contributed by atoms with Gasteiger partial charge in [-0.2, -0.15) is 0 Å². The van der Waals surface area contributed by atoms with E-state index in [-0.39, 0.29) is 11.0 Å². The lowest BCUT2D eigenvalue weighted by molar-refractivity contribution is -0.0516. The van der Waals surface area contributed by atoms with Gasteiger partial charge in [0, 0.05) is 11.6 Å². The van der Waals surface area contributed by atoms with E-state index in [1.807, 2.05) is 42.5 Å². The van der Waals surface area contributed by atoms with Gasteiger partial charge in [0.15, 0.2) is 11.5 Å². The highest BCUT2D eigenvalue weighted by Gasteiger charge is 2.57. The van der Waals surface area contributed by atoms with Crippen molar-refractivity contribution in [3.05, 3.63) is 94.0 Å². The molecule has 2 saturated carbocycles. The molecule has 0 aromatic heterocycles. The zero-order chi connectivity index (χ0) is 27.3. The summed E-state index contributed by atoms with van der Waals surface area (Å²) in [5.41, 5.74) is 4.51. The van der Waals surface area contributed by atoms with Crippen molar-refractivity contribution < 1.29 is 14.2 Å². The van der Waals surface area contributed by atoms with E-state index in [1.165, 1.54) is 31.3 Å². The fourth-order valence-electron chi connectivity index (χ4n) is 7.65. The standard InChI is InChI=1S/C35H39ClO3/c1-33(2)17-11-18-34(3)29(33)16-19-35(4)30(34)20-26-27(39-35)21-28(37-22-24-12-7-5-8-13-24)32(31(26)36)38-23-25-14-9-6-10-15-25/h5-10,12-15,20-21,29H,11,16-19,22-23H2,1-4H3/t29-,34-,35+/m0/s1. The number of fused-ring (bicyclic) bond motifs is 4. The molecule has 4 heteroatoms. The van der Waals surface area contributed by atoms with Crippen molar-refractivity contribution >= 4 is 17.7 Å². The second kappa shape index (κ2) is 9.93. The van der Waals surface area contributed by atoms with E-state index in [0.717, 1.165) is 28.9 Å². The normalized spacial score (nSPS) is 26.8. The first kappa shape index (κ1) is 26.3. The Hall–Kier alpha value is -2.91. The number of rotatable bonds is 6. The smallest absolute Gasteiger partial charge is 0.181 e. The zero-order valence-electron chi connectivity index (χ0n) is 23.6. The van der Waals surface area contributed by atoms with Crippen LogP contribution in [0.5, 0.6) is 17.2 Å². The van der Waals surface area contributed by atoms with Gasteiger partial charge in [-0.15, -0.1) is 0 Å². The van der Waals surface area contributed by atoms with Gasteiger partial charge in [-0.25, -0.2) is 0 Å². The summed E-state index contributed by atoms with van der Waals surface area (Å²) in [7, 11) is 0. The largest absolute Gasteiger partial charge is 0.485 e. The Labute approximate surface area is 238 Å². The molecule has 3 nitrogen and oxygen atoms in total. The van der Waals surface area contributed by atoms with Crippen LogP contribution in [-0.2, 0) is 13.2 Å². The molecule has 3 atom stereocenters. The molecular formula is C35H39ClO3. The lowest BCUT2D eigenvalue weighted by Crippen LogP contribution is -2.55. The maximum atomic E-state index is 7.20. The van der Waals surface area contributed by atoms with E-state index >= 15 is 0 Å². The van der Waals surface area contributed by atoms with E-state index in [9.17, 15) is 0 Å². The molecule has 3 aromatic rings. The molecule has 0 bridgehead atoms. The predicted octanol–water partition coefficient (Wildman–Crippen LogP) is 9.66. The lowest BCUT2D eigenvalue weighted by Gasteiger charge is -2.60. The summed E-state index contributed by atoms with van der Waals surface area (Å²) in [6, 6.07) is 22.3. The Bertz CT molecular complexity index is 1380. The molecule has 39 heavy (non-hydrogen) atoms. The quantitative estimate of drug-likeness (QED) is 0.310. The third-order valence-electron chi connectivity index (χ3n) is 9.60. The SMILES string of the molecule is CC1(C)CCC[C@]2(C)C3=Cc4c(cc(OCc5ccccc5)c(OCc5ccccc5)c4Cl)O[C@]3(C)CC[C@@H]12. The fourth-order valence-corrected chi connectivity index (χ4v) is 7.94. The van der Waals surface area contributed by atoms with Crippen LogP contribution in [0.4, 0.5) is 0 Å². The zero-order valence-corrected chi connectivity index (χ0v) is 24.3. The summed E-state index contributed by atoms with van der Waals surface area (Å²) in [5.74, 6) is 2.58. The first-order valence-corrected chi connectivity index (χ1v) is 14.7. The van der Waals surface area contributed by atoms with Crippen LogP contribution in [0.25, 0.3) is 6.08 Å². The van der Waals surface area contributed by atoms with Crippen LogP contribution in [-0.4, -0.2) is 5.60 Å². The van der Waals surface area contributed by atoms with Gasteiger partial charge in [-0.05, 0) is 72.1 Å². The second-order valence-electron chi connectivity index (χ2n) is 12.7. The molecule has 1 aliphatic heterocycles. The Morgan fingerprint density at radius 1 is 0.846 bits per heavy atom. The Morgan fingerprint density at radius 2 is 1.49 bits per heavy atom. The number of halogens is 1. The van der Waals surface area contributed by atoms with Crippen LogP contribution < -0.4 is 14.2 Å². The Balaban J connectivity index is 1.42. The highest BCUT2D eigenvalue weighted by molar-refractivity contribution is 6.34. The van der Waals surface area contributed by atoms with Crippen molar-refractivity contribution in [2.75, 3.05) is 0 Å². The van der Waals surface area contributed by atoms with E-state index in [2.05, 4.69) is 58.0 Å². The summed E-state index contributed by atoms with van der Waals surface area (Å²) < 4.78 is 19.7. The third-order valence-corrected chi connectivity index (χ3v) is 9.97. The van der Waals surface area contributed by atoms with Crippen LogP contribution in [0, 0.1) is 16.7 Å². The van der Waals surface area contributed by atoms with Crippen molar-refractivity contribution in [3.8, 4) is 17.2 Å². The number of ether oxygens (including phenoxy) is 3. The van der Waals surface area contributed by atoms with Gasteiger partial charge >= 0.3 is 0 Å². The molecular weight excluding hydrogens is 504 g/mol. The minimum atomic E-state index is -0.349. The summed E-state index contributed by atoms with van der Waals surface area (Å²) >= 11 is 7.20. The Morgan fingerprint density at radius 3 is 2.15 bits per heavy atom. The molecule has 0 N–H and O–H groups in total. The molecule has 0 radical (unpaired) electrons. The van der Waals surface area contributed by atoms with Gasteiger partial charge in [0.1, 0.15) is 24.6 Å². The van der Waals surface area contributed by atoms with Crippen molar-refractivity contribution in [1.29, 1.82) is 0 Å². The van der Waals surface area contributed by atoms with Crippen molar-refractivity contribution in [2.45, 2.75) is 78.6 Å². The number of benzene rings is 3. The van der Waals surface area contributed by atoms with E-state index < -0.39 is 0 Å². The summed E-state index contributed by atoms with van der Waals surface area (Å²) in [6.45, 7) is 10.5. The van der Waals surface area contributed by atoms with Gasteiger partial charge < -0.3 is 14.2 Å². The molecule has 1 heterocycles. The number of hydrogen-bond acceptors (Lipinski definition) is 3. The van der Waals surface area contributed by atoms with Crippen LogP contribution in [0.3, 0.4) is 0 Å². The average Bonchev–Trinajstić information content (AvgIpc) is 2.91. The van der Waals surface area contributed by atoms with Crippen LogP contribution >= 0.6 is 11.6 Å². The first-order chi connectivity index (χ1) is 18.7. The third kappa shape index (κ3) is 4.73. The molecule has 6 rings (SSSR count). The van der Waals surface area contributed by atoms with Gasteiger partial charge in [-0.1, -0.05) is 99.5 Å². The van der Waals surface area contributed by atoms with E-state index in [0.29, 0.717) is 41.1 Å². The topological polar surface area (TPSA) is 27.7 Å². The minimum Gasteiger partial charge on any atom is -0.485 e. The highest BCUT2D eigenvalue weighted by atomic mass is 35.5. The monoisotopic (exact) mass is 542 g/mol. The Kier molecular flexibility index (Phi) is 6.70. The molecule has 0 unspecified atom stereocenters. The molecule has 2 fully saturated rings. The summed E-state index contributed by atoms with van der Waals surface area (Å²) in [4.78, 5) is 0. The molecule has 3 aromatic carbocycles. The van der Waals surface area contributed by atoms with Crippen molar-refractivity contribution in [3.63, 3.8) is 0 Å². The molecule has 2 aliphatic carbocycles. The summed E-state index contributed by atoms with van der Waals surface area (Å²) in [5, 5.41) is 0.557. The second-order valence-corrected chi connectivity index (χ2v) is 13.1. The van der Waals surface area contributed by atoms with Crippen LogP contribution in [0.1, 0.15) is 76.5 Å². The maximum absolute atomic E-state index is 7.20. The van der Waals surface area contributed by atoms with Gasteiger partial charge in [0.25, 0.3) is 0 Å². The van der Waals surface area contributed by atoms with Gasteiger partial charge in [-0.3, -0.25) is 0 Å². The maximum Gasteiger partial charge on any atom is 0.181 e. The lowest BCUT2D eigenvalue weighted by atomic mass is 9.47. The summed E-state index contributed by atoms with van der Waals surface area (Å²) in [6.07, 6.45) is 8.24. The molecule has 3 aliphatic rings. The number of hydrogen-bond donors (Lipinski definition) is 0. The fraction of sp³-hybridized carbons (Fsp3) is 0.429. The minimum absolute atomic E-state index is 0.0866. The predicted molar refractivity (Wildman–Crippen MR) is 158 cm³/mol. The van der Waals surface area contributed by atoms with E-state index in [1.54, 1.807) is 0 Å². The van der Waals surface area contributed by atoms with Crippen molar-refractivity contribution in [1.82, 2.24) is 0 Å². The highest BCUT2D eigenvalue weighted by Crippen LogP contribution is 2.64. The van der Waals surface area contributed by atoms with Crippen LogP contribution in [0.2, 0.25) is 5.02 Å².